The van der Waals surface area contributed by atoms with Crippen molar-refractivity contribution in [1.29, 1.82) is 0 Å². The molecule has 4 rings (SSSR count). The lowest BCUT2D eigenvalue weighted by molar-refractivity contribution is -0.155. The molecular weight excluding hydrogens is 575 g/mol. The molecular formula is C32H42ClFN4O5. The zero-order valence-corrected chi connectivity index (χ0v) is 26.3. The highest BCUT2D eigenvalue weighted by atomic mass is 35.5. The van der Waals surface area contributed by atoms with Crippen molar-refractivity contribution in [2.45, 2.75) is 84.0 Å². The fourth-order valence-corrected chi connectivity index (χ4v) is 4.80. The maximum atomic E-state index is 13.7. The molecule has 43 heavy (non-hydrogen) atoms. The van der Waals surface area contributed by atoms with E-state index in [-0.39, 0.29) is 30.1 Å². The summed E-state index contributed by atoms with van der Waals surface area (Å²) < 4.78 is 31.7. The van der Waals surface area contributed by atoms with Gasteiger partial charge in [0.05, 0.1) is 36.3 Å². The third kappa shape index (κ3) is 9.14. The zero-order valence-electron chi connectivity index (χ0n) is 25.6. The predicted molar refractivity (Wildman–Crippen MR) is 166 cm³/mol. The Labute approximate surface area is 257 Å². The molecule has 0 radical (unpaired) electrons. The lowest BCUT2D eigenvalue weighted by atomic mass is 9.96. The summed E-state index contributed by atoms with van der Waals surface area (Å²) in [5, 5.41) is 13.9. The van der Waals surface area contributed by atoms with Gasteiger partial charge in [0.1, 0.15) is 23.6 Å². The van der Waals surface area contributed by atoms with Gasteiger partial charge >= 0.3 is 5.97 Å². The van der Waals surface area contributed by atoms with Crippen molar-refractivity contribution in [2.75, 3.05) is 31.6 Å². The number of esters is 1. The minimum absolute atomic E-state index is 0.00748. The van der Waals surface area contributed by atoms with Crippen molar-refractivity contribution in [3.05, 3.63) is 47.5 Å². The van der Waals surface area contributed by atoms with Gasteiger partial charge in [-0.05, 0) is 84.6 Å². The van der Waals surface area contributed by atoms with Crippen molar-refractivity contribution in [3.8, 4) is 11.5 Å². The molecule has 1 aliphatic rings. The quantitative estimate of drug-likeness (QED) is 0.152. The number of rotatable bonds is 14. The van der Waals surface area contributed by atoms with Crippen LogP contribution >= 0.6 is 11.6 Å². The van der Waals surface area contributed by atoms with E-state index >= 15 is 0 Å². The summed E-state index contributed by atoms with van der Waals surface area (Å²) in [7, 11) is 0. The monoisotopic (exact) mass is 616 g/mol. The van der Waals surface area contributed by atoms with Crippen molar-refractivity contribution in [2.24, 2.45) is 0 Å². The summed E-state index contributed by atoms with van der Waals surface area (Å²) in [5.74, 6) is 0.927. The Balaban J connectivity index is 1.49. The average Bonchev–Trinajstić information content (AvgIpc) is 2.91. The molecule has 0 atom stereocenters. The Morgan fingerprint density at radius 2 is 1.88 bits per heavy atom. The standard InChI is InChI=1S/C32H42ClFN4O5/c1-31(2,3)43-29(40)12-14-38(32(4,5)19-39)13-7-15-41-27-17-23-26(18-28(27)42-22-8-6-9-22)35-20-36-30(23)37-21-10-11-25(34)24(33)16-21/h10-11,16-18,20,22,39H,6-9,12-15,19H2,1-5H3,(H,35,36,37). The number of hydrogen-bond acceptors (Lipinski definition) is 9. The van der Waals surface area contributed by atoms with Gasteiger partial charge in [-0.25, -0.2) is 14.4 Å². The molecule has 2 aromatic carbocycles. The van der Waals surface area contributed by atoms with Gasteiger partial charge in [0.15, 0.2) is 11.5 Å². The molecule has 11 heteroatoms. The van der Waals surface area contributed by atoms with Crippen LogP contribution in [0.5, 0.6) is 11.5 Å². The predicted octanol–water partition coefficient (Wildman–Crippen LogP) is 6.67. The SMILES string of the molecule is CC(C)(C)OC(=O)CCN(CCCOc1cc2c(Nc3ccc(F)c(Cl)c3)ncnc2cc1OC1CCC1)C(C)(C)CO. The number of carbonyl (C=O) groups is 1. The van der Waals surface area contributed by atoms with E-state index in [4.69, 9.17) is 25.8 Å². The lowest BCUT2D eigenvalue weighted by Gasteiger charge is -2.37. The first-order chi connectivity index (χ1) is 20.3. The number of aliphatic hydroxyl groups excluding tert-OH is 1. The van der Waals surface area contributed by atoms with E-state index in [1.165, 1.54) is 18.5 Å². The molecule has 0 spiro atoms. The van der Waals surface area contributed by atoms with Crippen LogP contribution in [0.1, 0.15) is 66.7 Å². The average molecular weight is 617 g/mol. The number of nitrogens with zero attached hydrogens (tertiary/aromatic N) is 3. The third-order valence-electron chi connectivity index (χ3n) is 7.31. The number of aromatic nitrogens is 2. The van der Waals surface area contributed by atoms with Crippen LogP contribution in [0.25, 0.3) is 10.9 Å². The Morgan fingerprint density at radius 1 is 1.12 bits per heavy atom. The lowest BCUT2D eigenvalue weighted by Crippen LogP contribution is -2.48. The molecule has 0 amide bonds. The van der Waals surface area contributed by atoms with E-state index in [0.29, 0.717) is 60.0 Å². The maximum Gasteiger partial charge on any atom is 0.307 e. The Bertz CT molecular complexity index is 1410. The molecule has 0 bridgehead atoms. The topological polar surface area (TPSA) is 106 Å². The Hall–Kier alpha value is -3.21. The fourth-order valence-electron chi connectivity index (χ4n) is 4.62. The summed E-state index contributed by atoms with van der Waals surface area (Å²) >= 11 is 5.98. The minimum atomic E-state index is -0.548. The molecule has 0 aliphatic heterocycles. The van der Waals surface area contributed by atoms with E-state index in [2.05, 4.69) is 20.2 Å². The first-order valence-electron chi connectivity index (χ1n) is 14.7. The minimum Gasteiger partial charge on any atom is -0.490 e. The number of ether oxygens (including phenoxy) is 3. The highest BCUT2D eigenvalue weighted by Crippen LogP contribution is 2.38. The second-order valence-corrected chi connectivity index (χ2v) is 12.9. The zero-order chi connectivity index (χ0) is 31.2. The van der Waals surface area contributed by atoms with E-state index in [1.807, 2.05) is 46.8 Å². The largest absolute Gasteiger partial charge is 0.490 e. The van der Waals surface area contributed by atoms with Gasteiger partial charge in [-0.2, -0.15) is 0 Å². The van der Waals surface area contributed by atoms with Crippen molar-refractivity contribution < 1.29 is 28.5 Å². The van der Waals surface area contributed by atoms with Crippen molar-refractivity contribution >= 4 is 40.0 Å². The van der Waals surface area contributed by atoms with Gasteiger partial charge < -0.3 is 24.6 Å². The van der Waals surface area contributed by atoms with Crippen LogP contribution in [0.2, 0.25) is 5.02 Å². The molecule has 1 aliphatic carbocycles. The number of hydrogen-bond donors (Lipinski definition) is 2. The second kappa shape index (κ2) is 14.1. The normalized spacial score (nSPS) is 14.1. The molecule has 1 heterocycles. The number of anilines is 2. The van der Waals surface area contributed by atoms with E-state index in [1.54, 1.807) is 6.07 Å². The van der Waals surface area contributed by atoms with Gasteiger partial charge in [0, 0.05) is 35.8 Å². The highest BCUT2D eigenvalue weighted by molar-refractivity contribution is 6.31. The first-order valence-corrected chi connectivity index (χ1v) is 15.1. The Kier molecular flexibility index (Phi) is 10.7. The van der Waals surface area contributed by atoms with Crippen LogP contribution in [0.3, 0.4) is 0 Å². The number of carbonyl (C=O) groups excluding carboxylic acids is 1. The molecule has 9 nitrogen and oxygen atoms in total. The summed E-state index contributed by atoms with van der Waals surface area (Å²) in [6.45, 7) is 10.8. The van der Waals surface area contributed by atoms with Crippen LogP contribution in [-0.4, -0.2) is 69.5 Å². The van der Waals surface area contributed by atoms with Crippen molar-refractivity contribution in [3.63, 3.8) is 0 Å². The summed E-state index contributed by atoms with van der Waals surface area (Å²) in [4.78, 5) is 23.3. The van der Waals surface area contributed by atoms with E-state index < -0.39 is 17.0 Å². The molecule has 1 saturated carbocycles. The van der Waals surface area contributed by atoms with Gasteiger partial charge in [-0.1, -0.05) is 11.6 Å². The van der Waals surface area contributed by atoms with Gasteiger partial charge in [-0.3, -0.25) is 9.69 Å². The summed E-state index contributed by atoms with van der Waals surface area (Å²) in [6, 6.07) is 8.09. The van der Waals surface area contributed by atoms with Gasteiger partial charge in [0.2, 0.25) is 0 Å². The number of halogens is 2. The van der Waals surface area contributed by atoms with E-state index in [0.717, 1.165) is 19.3 Å². The first kappa shape index (κ1) is 32.7. The summed E-state index contributed by atoms with van der Waals surface area (Å²) in [5.41, 5.74) is 0.186. The smallest absolute Gasteiger partial charge is 0.307 e. The van der Waals surface area contributed by atoms with Gasteiger partial charge in [0.25, 0.3) is 0 Å². The van der Waals surface area contributed by atoms with Crippen LogP contribution in [0, 0.1) is 5.82 Å². The number of aliphatic hydroxyl groups is 1. The molecule has 1 fully saturated rings. The van der Waals surface area contributed by atoms with Crippen LogP contribution in [0.15, 0.2) is 36.7 Å². The molecule has 234 valence electrons. The fraction of sp³-hybridized carbons (Fsp3) is 0.531. The third-order valence-corrected chi connectivity index (χ3v) is 7.60. The van der Waals surface area contributed by atoms with Crippen molar-refractivity contribution in [1.82, 2.24) is 14.9 Å². The second-order valence-electron chi connectivity index (χ2n) is 12.5. The molecule has 1 aromatic heterocycles. The molecule has 2 N–H and O–H groups in total. The summed E-state index contributed by atoms with van der Waals surface area (Å²) in [6.07, 6.45) is 5.56. The van der Waals surface area contributed by atoms with Crippen LogP contribution in [0.4, 0.5) is 15.9 Å². The Morgan fingerprint density at radius 3 is 2.53 bits per heavy atom. The maximum absolute atomic E-state index is 13.7. The number of benzene rings is 2. The molecule has 3 aromatic rings. The molecule has 0 unspecified atom stereocenters. The highest BCUT2D eigenvalue weighted by Gasteiger charge is 2.27. The molecule has 0 saturated heterocycles. The van der Waals surface area contributed by atoms with Gasteiger partial charge in [-0.15, -0.1) is 0 Å². The number of nitrogens with one attached hydrogen (secondary N) is 1. The van der Waals surface area contributed by atoms with Crippen LogP contribution in [-0.2, 0) is 9.53 Å². The van der Waals surface area contributed by atoms with E-state index in [9.17, 15) is 14.3 Å². The number of fused-ring (bicyclic) bond motifs is 1. The van der Waals surface area contributed by atoms with Crippen LogP contribution < -0.4 is 14.8 Å².